The van der Waals surface area contributed by atoms with Crippen LogP contribution in [0.3, 0.4) is 0 Å². The Bertz CT molecular complexity index is 1140. The minimum Gasteiger partial charge on any atom is -0.454 e. The van der Waals surface area contributed by atoms with E-state index in [9.17, 15) is 9.18 Å². The van der Waals surface area contributed by atoms with Crippen LogP contribution in [0.4, 0.5) is 10.2 Å². The SMILES string of the molecule is Cc1cccc(NC(=O)c2cc(Oc3cncc(F)c3)cn3ncnc23)n1. The molecule has 134 valence electrons. The van der Waals surface area contributed by atoms with Gasteiger partial charge < -0.3 is 10.1 Å². The topological polar surface area (TPSA) is 94.3 Å². The third kappa shape index (κ3) is 3.56. The lowest BCUT2D eigenvalue weighted by Gasteiger charge is -2.09. The number of rotatable bonds is 4. The van der Waals surface area contributed by atoms with Crippen LogP contribution in [0.1, 0.15) is 16.1 Å². The molecule has 1 N–H and O–H groups in total. The minimum atomic E-state index is -0.530. The standard InChI is InChI=1S/C18H13FN6O2/c1-11-3-2-4-16(23-11)24-18(26)15-6-14(9-25-17(15)21-10-22-25)27-13-5-12(19)7-20-8-13/h2-10H,1H3,(H,23,24,26). The van der Waals surface area contributed by atoms with Gasteiger partial charge in [0, 0.05) is 11.8 Å². The smallest absolute Gasteiger partial charge is 0.260 e. The van der Waals surface area contributed by atoms with E-state index >= 15 is 0 Å². The highest BCUT2D eigenvalue weighted by Gasteiger charge is 2.16. The van der Waals surface area contributed by atoms with Crippen molar-refractivity contribution in [2.45, 2.75) is 6.92 Å². The molecule has 0 spiro atoms. The Balaban J connectivity index is 1.69. The minimum absolute atomic E-state index is 0.196. The summed E-state index contributed by atoms with van der Waals surface area (Å²) in [4.78, 5) is 24.8. The molecule has 0 bridgehead atoms. The quantitative estimate of drug-likeness (QED) is 0.598. The molecule has 4 aromatic heterocycles. The maximum absolute atomic E-state index is 13.3. The summed E-state index contributed by atoms with van der Waals surface area (Å²) in [5.74, 6) is -0.0611. The molecule has 0 saturated carbocycles. The lowest BCUT2D eigenvalue weighted by Crippen LogP contribution is -2.15. The number of aromatic nitrogens is 5. The third-order valence-electron chi connectivity index (χ3n) is 3.64. The summed E-state index contributed by atoms with van der Waals surface area (Å²) in [7, 11) is 0. The van der Waals surface area contributed by atoms with Crippen LogP contribution in [0, 0.1) is 12.7 Å². The van der Waals surface area contributed by atoms with Crippen LogP contribution in [-0.2, 0) is 0 Å². The molecule has 1 amide bonds. The van der Waals surface area contributed by atoms with Crippen molar-refractivity contribution < 1.29 is 13.9 Å². The number of nitrogens with zero attached hydrogens (tertiary/aromatic N) is 5. The highest BCUT2D eigenvalue weighted by Crippen LogP contribution is 2.24. The summed E-state index contributed by atoms with van der Waals surface area (Å²) in [6.45, 7) is 1.83. The van der Waals surface area contributed by atoms with Gasteiger partial charge in [0.05, 0.1) is 24.2 Å². The van der Waals surface area contributed by atoms with Crippen molar-refractivity contribution in [3.05, 3.63) is 72.3 Å². The number of nitrogens with one attached hydrogen (secondary N) is 1. The number of carbonyl (C=O) groups excluding carboxylic acids is 1. The van der Waals surface area contributed by atoms with E-state index in [1.54, 1.807) is 12.1 Å². The lowest BCUT2D eigenvalue weighted by molar-refractivity contribution is 0.102. The van der Waals surface area contributed by atoms with Gasteiger partial charge in [-0.05, 0) is 25.1 Å². The first-order chi connectivity index (χ1) is 13.1. The largest absolute Gasteiger partial charge is 0.454 e. The predicted molar refractivity (Wildman–Crippen MR) is 94.2 cm³/mol. The molecule has 9 heteroatoms. The van der Waals surface area contributed by atoms with Crippen LogP contribution in [-0.4, -0.2) is 30.5 Å². The van der Waals surface area contributed by atoms with Crippen LogP contribution < -0.4 is 10.1 Å². The molecule has 27 heavy (non-hydrogen) atoms. The van der Waals surface area contributed by atoms with E-state index in [0.717, 1.165) is 11.9 Å². The number of ether oxygens (including phenoxy) is 1. The summed E-state index contributed by atoms with van der Waals surface area (Å²) in [6, 6.07) is 7.99. The monoisotopic (exact) mass is 364 g/mol. The summed E-state index contributed by atoms with van der Waals surface area (Å²) < 4.78 is 20.3. The fraction of sp³-hybridized carbons (Fsp3) is 0.0556. The van der Waals surface area contributed by atoms with Crippen molar-refractivity contribution >= 4 is 17.4 Å². The first-order valence-corrected chi connectivity index (χ1v) is 7.95. The van der Waals surface area contributed by atoms with Gasteiger partial charge in [-0.3, -0.25) is 9.78 Å². The van der Waals surface area contributed by atoms with Gasteiger partial charge >= 0.3 is 0 Å². The third-order valence-corrected chi connectivity index (χ3v) is 3.64. The van der Waals surface area contributed by atoms with E-state index in [1.165, 1.54) is 35.4 Å². The van der Waals surface area contributed by atoms with Gasteiger partial charge in [-0.1, -0.05) is 6.07 Å². The molecule has 0 saturated heterocycles. The first-order valence-electron chi connectivity index (χ1n) is 7.95. The van der Waals surface area contributed by atoms with Crippen molar-refractivity contribution in [3.8, 4) is 11.5 Å². The Kier molecular flexibility index (Phi) is 4.17. The number of hydrogen-bond donors (Lipinski definition) is 1. The maximum Gasteiger partial charge on any atom is 0.260 e. The second-order valence-corrected chi connectivity index (χ2v) is 5.68. The normalized spacial score (nSPS) is 10.7. The molecular formula is C18H13FN6O2. The molecule has 0 unspecified atom stereocenters. The molecule has 4 aromatic rings. The fourth-order valence-electron chi connectivity index (χ4n) is 2.51. The van der Waals surface area contributed by atoms with E-state index in [4.69, 9.17) is 4.74 Å². The Morgan fingerprint density at radius 1 is 1.22 bits per heavy atom. The van der Waals surface area contributed by atoms with E-state index in [1.807, 2.05) is 13.0 Å². The number of fused-ring (bicyclic) bond motifs is 1. The van der Waals surface area contributed by atoms with Crippen molar-refractivity contribution in [1.82, 2.24) is 24.6 Å². The molecule has 0 aromatic carbocycles. The molecule has 0 aliphatic rings. The van der Waals surface area contributed by atoms with Gasteiger partial charge in [0.25, 0.3) is 5.91 Å². The zero-order chi connectivity index (χ0) is 18.8. The number of aryl methyl sites for hydroxylation is 1. The summed E-state index contributed by atoms with van der Waals surface area (Å²) in [5, 5.41) is 6.77. The van der Waals surface area contributed by atoms with Gasteiger partial charge in [-0.25, -0.2) is 18.9 Å². The second-order valence-electron chi connectivity index (χ2n) is 5.68. The average molecular weight is 364 g/mol. The van der Waals surface area contributed by atoms with Crippen molar-refractivity contribution in [1.29, 1.82) is 0 Å². The van der Waals surface area contributed by atoms with Crippen LogP contribution in [0.5, 0.6) is 11.5 Å². The molecule has 0 radical (unpaired) electrons. The molecule has 4 rings (SSSR count). The van der Waals surface area contributed by atoms with Crippen LogP contribution in [0.15, 0.2) is 55.2 Å². The summed E-state index contributed by atoms with van der Waals surface area (Å²) in [5.41, 5.74) is 1.36. The fourth-order valence-corrected chi connectivity index (χ4v) is 2.51. The molecule has 8 nitrogen and oxygen atoms in total. The number of amides is 1. The molecule has 0 atom stereocenters. The molecule has 4 heterocycles. The van der Waals surface area contributed by atoms with Crippen molar-refractivity contribution in [2.24, 2.45) is 0 Å². The summed E-state index contributed by atoms with van der Waals surface area (Å²) >= 11 is 0. The predicted octanol–water partition coefficient (Wildman–Crippen LogP) is 3.01. The van der Waals surface area contributed by atoms with E-state index < -0.39 is 11.7 Å². The van der Waals surface area contributed by atoms with E-state index in [-0.39, 0.29) is 17.1 Å². The Labute approximate surface area is 152 Å². The van der Waals surface area contributed by atoms with Gasteiger partial charge in [0.1, 0.15) is 29.5 Å². The second kappa shape index (κ2) is 6.79. The Hall–Kier alpha value is -3.88. The number of carbonyl (C=O) groups is 1. The molecule has 0 aliphatic carbocycles. The zero-order valence-electron chi connectivity index (χ0n) is 14.1. The Morgan fingerprint density at radius 3 is 2.93 bits per heavy atom. The van der Waals surface area contributed by atoms with Crippen molar-refractivity contribution in [2.75, 3.05) is 5.32 Å². The zero-order valence-corrected chi connectivity index (χ0v) is 14.1. The molecular weight excluding hydrogens is 351 g/mol. The van der Waals surface area contributed by atoms with Gasteiger partial charge in [-0.2, -0.15) is 5.10 Å². The highest BCUT2D eigenvalue weighted by molar-refractivity contribution is 6.08. The van der Waals surface area contributed by atoms with Gasteiger partial charge in [0.2, 0.25) is 0 Å². The Morgan fingerprint density at radius 2 is 2.11 bits per heavy atom. The maximum atomic E-state index is 13.3. The highest BCUT2D eigenvalue weighted by atomic mass is 19.1. The van der Waals surface area contributed by atoms with E-state index in [0.29, 0.717) is 11.5 Å². The first kappa shape index (κ1) is 16.6. The number of pyridine rings is 3. The average Bonchev–Trinajstić information content (AvgIpc) is 3.09. The molecule has 0 aliphatic heterocycles. The van der Waals surface area contributed by atoms with Gasteiger partial charge in [0.15, 0.2) is 5.65 Å². The van der Waals surface area contributed by atoms with E-state index in [2.05, 4.69) is 25.4 Å². The van der Waals surface area contributed by atoms with Crippen LogP contribution in [0.25, 0.3) is 5.65 Å². The van der Waals surface area contributed by atoms with Gasteiger partial charge in [-0.15, -0.1) is 0 Å². The van der Waals surface area contributed by atoms with Crippen molar-refractivity contribution in [3.63, 3.8) is 0 Å². The van der Waals surface area contributed by atoms with Crippen LogP contribution >= 0.6 is 0 Å². The van der Waals surface area contributed by atoms with Crippen LogP contribution in [0.2, 0.25) is 0 Å². The number of halogens is 1. The number of anilines is 1. The summed E-state index contributed by atoms with van der Waals surface area (Å²) in [6.07, 6.45) is 5.30. The lowest BCUT2D eigenvalue weighted by atomic mass is 10.2. The molecule has 0 fully saturated rings. The number of hydrogen-bond acceptors (Lipinski definition) is 6.